The molecule has 4 rings (SSSR count). The Morgan fingerprint density at radius 3 is 2.52 bits per heavy atom. The smallest absolute Gasteiger partial charge is 0.299 e. The van der Waals surface area contributed by atoms with Gasteiger partial charge in [0, 0.05) is 24.4 Å². The molecule has 2 aliphatic rings. The van der Waals surface area contributed by atoms with Crippen LogP contribution in [-0.2, 0) is 10.5 Å². The van der Waals surface area contributed by atoms with Gasteiger partial charge in [-0.05, 0) is 23.3 Å². The minimum absolute atomic E-state index is 0.430. The molecular formula is C20H21N3O4. The Kier molecular flexibility index (Phi) is 4.31. The molecule has 7 nitrogen and oxygen atoms in total. The molecule has 0 bridgehead atoms. The van der Waals surface area contributed by atoms with Crippen LogP contribution in [0.25, 0.3) is 0 Å². The third-order valence-electron chi connectivity index (χ3n) is 5.65. The molecule has 2 heterocycles. The number of carbonyl (C=O) groups excluding carboxylic acids is 1. The van der Waals surface area contributed by atoms with Gasteiger partial charge in [-0.15, -0.1) is 0 Å². The van der Waals surface area contributed by atoms with Gasteiger partial charge in [-0.2, -0.15) is 0 Å². The molecule has 0 unspecified atom stereocenters. The van der Waals surface area contributed by atoms with Gasteiger partial charge in [0.2, 0.25) is 0 Å². The lowest BCUT2D eigenvalue weighted by Crippen LogP contribution is -2.62. The zero-order valence-corrected chi connectivity index (χ0v) is 15.0. The fourth-order valence-electron chi connectivity index (χ4n) is 4.38. The summed E-state index contributed by atoms with van der Waals surface area (Å²) < 4.78 is 5.24. The Morgan fingerprint density at radius 2 is 1.89 bits per heavy atom. The highest BCUT2D eigenvalue weighted by molar-refractivity contribution is 5.84. The van der Waals surface area contributed by atoms with E-state index in [2.05, 4.69) is 5.32 Å². The summed E-state index contributed by atoms with van der Waals surface area (Å²) >= 11 is 0. The molecule has 27 heavy (non-hydrogen) atoms. The van der Waals surface area contributed by atoms with E-state index in [0.717, 1.165) is 16.9 Å². The van der Waals surface area contributed by atoms with Gasteiger partial charge in [-0.25, -0.2) is 0 Å². The highest BCUT2D eigenvalue weighted by Gasteiger charge is 2.58. The van der Waals surface area contributed by atoms with Crippen molar-refractivity contribution < 1.29 is 14.5 Å². The van der Waals surface area contributed by atoms with E-state index in [9.17, 15) is 14.9 Å². The van der Waals surface area contributed by atoms with E-state index in [1.165, 1.54) is 0 Å². The van der Waals surface area contributed by atoms with Crippen LogP contribution in [-0.4, -0.2) is 42.0 Å². The molecule has 7 heteroatoms. The number of amides is 1. The van der Waals surface area contributed by atoms with Crippen LogP contribution in [0.3, 0.4) is 0 Å². The van der Waals surface area contributed by atoms with Crippen LogP contribution in [0.15, 0.2) is 54.6 Å². The molecule has 3 atom stereocenters. The first-order chi connectivity index (χ1) is 13.1. The average Bonchev–Trinajstić information content (AvgIpc) is 3.14. The Balaban J connectivity index is 1.81. The number of fused-ring (bicyclic) bond motifs is 1. The first-order valence-electron chi connectivity index (χ1n) is 8.96. The van der Waals surface area contributed by atoms with Gasteiger partial charge >= 0.3 is 0 Å². The molecule has 2 aromatic carbocycles. The van der Waals surface area contributed by atoms with Gasteiger partial charge in [-0.1, -0.05) is 42.5 Å². The van der Waals surface area contributed by atoms with E-state index in [4.69, 9.17) is 4.74 Å². The van der Waals surface area contributed by atoms with Crippen molar-refractivity contribution in [2.75, 3.05) is 20.2 Å². The standard InChI is InChI=1S/C20H21N3O4/c1-27-16-9-7-15(8-10-16)20-13-17(14-5-3-2-4-6-14)18(23(25)26)19(24)22(20)12-11-21-20/h2-10,17-18,21H,11-13H2,1H3/t17-,18-,20+/m1/s1. The Morgan fingerprint density at radius 1 is 1.19 bits per heavy atom. The number of carbonyl (C=O) groups is 1. The van der Waals surface area contributed by atoms with E-state index < -0.39 is 28.5 Å². The zero-order chi connectivity index (χ0) is 19.0. The minimum atomic E-state index is -1.27. The first kappa shape index (κ1) is 17.5. The van der Waals surface area contributed by atoms with E-state index in [-0.39, 0.29) is 0 Å². The molecule has 0 radical (unpaired) electrons. The van der Waals surface area contributed by atoms with Crippen molar-refractivity contribution >= 4 is 5.91 Å². The molecule has 1 amide bonds. The first-order valence-corrected chi connectivity index (χ1v) is 8.96. The molecule has 2 aliphatic heterocycles. The molecular weight excluding hydrogens is 346 g/mol. The Hall–Kier alpha value is -2.93. The molecule has 2 saturated heterocycles. The number of rotatable bonds is 4. The Bertz CT molecular complexity index is 855. The topological polar surface area (TPSA) is 84.7 Å². The van der Waals surface area contributed by atoms with Crippen LogP contribution in [0.1, 0.15) is 23.5 Å². The van der Waals surface area contributed by atoms with E-state index in [1.54, 1.807) is 12.0 Å². The third kappa shape index (κ3) is 2.75. The molecule has 2 aromatic rings. The highest BCUT2D eigenvalue weighted by atomic mass is 16.6. The molecule has 0 saturated carbocycles. The maximum Gasteiger partial charge on any atom is 0.299 e. The summed E-state index contributed by atoms with van der Waals surface area (Å²) in [6.07, 6.45) is 0.445. The van der Waals surface area contributed by atoms with Crippen LogP contribution in [0.4, 0.5) is 0 Å². The monoisotopic (exact) mass is 367 g/mol. The zero-order valence-electron chi connectivity index (χ0n) is 15.0. The van der Waals surface area contributed by atoms with Crippen molar-refractivity contribution in [3.63, 3.8) is 0 Å². The van der Waals surface area contributed by atoms with Crippen molar-refractivity contribution in [1.29, 1.82) is 0 Å². The van der Waals surface area contributed by atoms with Gasteiger partial charge < -0.3 is 9.64 Å². The second-order valence-corrected chi connectivity index (χ2v) is 6.96. The van der Waals surface area contributed by atoms with Crippen LogP contribution in [0.2, 0.25) is 0 Å². The lowest BCUT2D eigenvalue weighted by molar-refractivity contribution is -0.516. The number of ether oxygens (including phenoxy) is 1. The van der Waals surface area contributed by atoms with E-state index in [0.29, 0.717) is 19.5 Å². The maximum atomic E-state index is 13.2. The highest BCUT2D eigenvalue weighted by Crippen LogP contribution is 2.45. The van der Waals surface area contributed by atoms with E-state index in [1.807, 2.05) is 54.6 Å². The van der Waals surface area contributed by atoms with Crippen LogP contribution >= 0.6 is 0 Å². The summed E-state index contributed by atoms with van der Waals surface area (Å²) in [5.41, 5.74) is 0.988. The summed E-state index contributed by atoms with van der Waals surface area (Å²) in [6, 6.07) is 15.6. The van der Waals surface area contributed by atoms with Crippen LogP contribution in [0, 0.1) is 10.1 Å². The number of nitrogens with zero attached hydrogens (tertiary/aromatic N) is 2. The quantitative estimate of drug-likeness (QED) is 0.661. The molecule has 1 N–H and O–H groups in total. The number of hydrogen-bond donors (Lipinski definition) is 1. The fraction of sp³-hybridized carbons (Fsp3) is 0.350. The third-order valence-corrected chi connectivity index (χ3v) is 5.65. The SMILES string of the molecule is COc1ccc([C@]23C[C@H](c4ccccc4)[C@@H]([N+](=O)[O-])C(=O)N2CCN3)cc1. The molecule has 0 aromatic heterocycles. The van der Waals surface area contributed by atoms with E-state index >= 15 is 0 Å². The normalized spacial score (nSPS) is 27.3. The van der Waals surface area contributed by atoms with Crippen molar-refractivity contribution in [2.45, 2.75) is 24.0 Å². The summed E-state index contributed by atoms with van der Waals surface area (Å²) in [5.74, 6) is -0.205. The number of benzene rings is 2. The molecule has 0 aliphatic carbocycles. The number of piperidine rings is 1. The molecule has 140 valence electrons. The number of nitro groups is 1. The predicted octanol–water partition coefficient (Wildman–Crippen LogP) is 2.11. The lowest BCUT2D eigenvalue weighted by atomic mass is 9.76. The summed E-state index contributed by atoms with van der Waals surface area (Å²) in [6.45, 7) is 1.06. The van der Waals surface area contributed by atoms with Crippen molar-refractivity contribution in [1.82, 2.24) is 10.2 Å². The summed E-state index contributed by atoms with van der Waals surface area (Å²) in [5, 5.41) is 15.2. The van der Waals surface area contributed by atoms with Gasteiger partial charge in [0.25, 0.3) is 11.9 Å². The second-order valence-electron chi connectivity index (χ2n) is 6.96. The number of nitrogens with one attached hydrogen (secondary N) is 1. The second kappa shape index (κ2) is 6.66. The van der Waals surface area contributed by atoms with Gasteiger partial charge in [0.05, 0.1) is 13.0 Å². The summed E-state index contributed by atoms with van der Waals surface area (Å²) in [7, 11) is 1.60. The van der Waals surface area contributed by atoms with Gasteiger partial charge in [0.15, 0.2) is 0 Å². The van der Waals surface area contributed by atoms with Crippen LogP contribution in [0.5, 0.6) is 5.75 Å². The number of hydrogen-bond acceptors (Lipinski definition) is 5. The molecule has 0 spiro atoms. The predicted molar refractivity (Wildman–Crippen MR) is 99.0 cm³/mol. The average molecular weight is 367 g/mol. The molecule has 2 fully saturated rings. The maximum absolute atomic E-state index is 13.2. The Labute approximate surface area is 157 Å². The van der Waals surface area contributed by atoms with Crippen LogP contribution < -0.4 is 10.1 Å². The van der Waals surface area contributed by atoms with Gasteiger partial charge in [-0.3, -0.25) is 20.2 Å². The largest absolute Gasteiger partial charge is 0.497 e. The van der Waals surface area contributed by atoms with Gasteiger partial charge in [0.1, 0.15) is 11.4 Å². The van der Waals surface area contributed by atoms with Crippen molar-refractivity contribution in [3.8, 4) is 5.75 Å². The number of methoxy groups -OCH3 is 1. The van der Waals surface area contributed by atoms with Crippen molar-refractivity contribution in [3.05, 3.63) is 75.8 Å². The van der Waals surface area contributed by atoms with Crippen molar-refractivity contribution in [2.24, 2.45) is 0 Å². The summed E-state index contributed by atoms with van der Waals surface area (Å²) in [4.78, 5) is 26.1. The fourth-order valence-corrected chi connectivity index (χ4v) is 4.38. The minimum Gasteiger partial charge on any atom is -0.497 e. The lowest BCUT2D eigenvalue weighted by Gasteiger charge is -2.46.